The Balaban J connectivity index is 1.91. The number of fused-ring (bicyclic) bond motifs is 1. The van der Waals surface area contributed by atoms with Crippen LogP contribution in [0.15, 0.2) is 47.5 Å². The fourth-order valence-electron chi connectivity index (χ4n) is 2.74. The summed E-state index contributed by atoms with van der Waals surface area (Å²) in [5.74, 6) is 0.776. The van der Waals surface area contributed by atoms with Crippen LogP contribution in [0, 0.1) is 0 Å². The Bertz CT molecular complexity index is 1030. The topological polar surface area (TPSA) is 95.7 Å². The molecule has 0 radical (unpaired) electrons. The fourth-order valence-corrected chi connectivity index (χ4v) is 2.95. The number of nitrogens with one attached hydrogen (secondary N) is 2. The highest BCUT2D eigenvalue weighted by Crippen LogP contribution is 2.34. The van der Waals surface area contributed by atoms with Gasteiger partial charge < -0.3 is 25.7 Å². The Hall–Kier alpha value is -3.03. The van der Waals surface area contributed by atoms with E-state index in [9.17, 15) is 4.79 Å². The van der Waals surface area contributed by atoms with Crippen LogP contribution in [0.1, 0.15) is 16.1 Å². The molecule has 0 unspecified atom stereocenters. The number of aromatic nitrogens is 1. The summed E-state index contributed by atoms with van der Waals surface area (Å²) in [7, 11) is 5.63. The van der Waals surface area contributed by atoms with E-state index in [0.717, 1.165) is 6.54 Å². The van der Waals surface area contributed by atoms with Crippen LogP contribution in [0.2, 0.25) is 5.02 Å². The molecule has 0 spiro atoms. The first-order chi connectivity index (χ1) is 13.4. The van der Waals surface area contributed by atoms with E-state index in [1.165, 1.54) is 5.56 Å². The lowest BCUT2D eigenvalue weighted by atomic mass is 10.2. The molecular weight excluding hydrogens is 378 g/mol. The molecule has 1 amide bonds. The summed E-state index contributed by atoms with van der Waals surface area (Å²) in [5.41, 5.74) is 7.63. The average Bonchev–Trinajstić information content (AvgIpc) is 3.12. The van der Waals surface area contributed by atoms with Crippen LogP contribution in [0.5, 0.6) is 11.5 Å². The zero-order chi connectivity index (χ0) is 20.3. The van der Waals surface area contributed by atoms with E-state index in [-0.39, 0.29) is 11.7 Å². The molecule has 4 N–H and O–H groups in total. The van der Waals surface area contributed by atoms with Gasteiger partial charge in [-0.25, -0.2) is 0 Å². The molecule has 0 aliphatic heterocycles. The van der Waals surface area contributed by atoms with Crippen LogP contribution in [0.25, 0.3) is 10.9 Å². The van der Waals surface area contributed by atoms with Gasteiger partial charge in [0.25, 0.3) is 5.91 Å². The van der Waals surface area contributed by atoms with Gasteiger partial charge in [-0.1, -0.05) is 23.7 Å². The minimum atomic E-state index is -0.502. The van der Waals surface area contributed by atoms with Gasteiger partial charge >= 0.3 is 0 Å². The van der Waals surface area contributed by atoms with E-state index >= 15 is 0 Å². The summed E-state index contributed by atoms with van der Waals surface area (Å²) in [6.45, 7) is 0.851. The highest BCUT2D eigenvalue weighted by Gasteiger charge is 2.15. The molecule has 7 nitrogen and oxygen atoms in total. The second-order valence-electron chi connectivity index (χ2n) is 6.55. The molecule has 1 aromatic heterocycles. The van der Waals surface area contributed by atoms with Crippen molar-refractivity contribution in [2.45, 2.75) is 6.54 Å². The van der Waals surface area contributed by atoms with Crippen molar-refractivity contribution < 1.29 is 9.53 Å². The van der Waals surface area contributed by atoms with Gasteiger partial charge in [-0.3, -0.25) is 4.79 Å². The molecule has 0 atom stereocenters. The molecule has 0 bridgehead atoms. The molecule has 3 aromatic rings. The van der Waals surface area contributed by atoms with E-state index in [2.05, 4.69) is 20.2 Å². The zero-order valence-electron chi connectivity index (χ0n) is 15.9. The monoisotopic (exact) mass is 399 g/mol. The quantitative estimate of drug-likeness (QED) is 0.451. The molecule has 1 heterocycles. The van der Waals surface area contributed by atoms with Crippen molar-refractivity contribution in [3.63, 3.8) is 0 Å². The number of ether oxygens (including phenoxy) is 1. The van der Waals surface area contributed by atoms with E-state index < -0.39 is 5.91 Å². The molecule has 8 heteroatoms. The van der Waals surface area contributed by atoms with Crippen LogP contribution >= 0.6 is 11.6 Å². The number of nitrogens with zero attached hydrogens (tertiary/aromatic N) is 2. The second-order valence-corrected chi connectivity index (χ2v) is 6.96. The summed E-state index contributed by atoms with van der Waals surface area (Å²) < 4.78 is 6.01. The van der Waals surface area contributed by atoms with Gasteiger partial charge in [0.2, 0.25) is 0 Å². The third-order valence-electron chi connectivity index (χ3n) is 4.06. The van der Waals surface area contributed by atoms with Crippen molar-refractivity contribution in [2.24, 2.45) is 10.7 Å². The first-order valence-electron chi connectivity index (χ1n) is 8.66. The predicted molar refractivity (Wildman–Crippen MR) is 112 cm³/mol. The van der Waals surface area contributed by atoms with E-state index in [4.69, 9.17) is 22.1 Å². The average molecular weight is 400 g/mol. The lowest BCUT2D eigenvalue weighted by Gasteiger charge is -2.11. The molecule has 0 aliphatic rings. The fraction of sp³-hybridized carbons (Fsp3) is 0.200. The van der Waals surface area contributed by atoms with Gasteiger partial charge in [0, 0.05) is 19.0 Å². The maximum Gasteiger partial charge on any atom is 0.296 e. The maximum atomic E-state index is 12.3. The largest absolute Gasteiger partial charge is 0.455 e. The standard InChI is InChI=1S/C20H22ClN5O2/c1-23-20(22)25-19(27)16-10-14-15(21)8-9-17(18(14)24-16)28-13-6-4-12(5-7-13)11-26(2)3/h4-10,24H,11H2,1-3H3,(H3,22,23,25,27). The number of hydrogen-bond acceptors (Lipinski definition) is 3. The van der Waals surface area contributed by atoms with Crippen LogP contribution in [-0.2, 0) is 6.54 Å². The molecule has 0 saturated carbocycles. The number of hydrogen-bond donors (Lipinski definition) is 3. The molecule has 28 heavy (non-hydrogen) atoms. The summed E-state index contributed by atoms with van der Waals surface area (Å²) in [4.78, 5) is 21.2. The molecule has 2 aromatic carbocycles. The summed E-state index contributed by atoms with van der Waals surface area (Å²) in [5, 5.41) is 3.79. The number of H-pyrrole nitrogens is 1. The highest BCUT2D eigenvalue weighted by atomic mass is 35.5. The van der Waals surface area contributed by atoms with Gasteiger partial charge in [0.1, 0.15) is 11.4 Å². The lowest BCUT2D eigenvalue weighted by Crippen LogP contribution is -2.28. The molecule has 146 valence electrons. The van der Waals surface area contributed by atoms with Gasteiger partial charge in [-0.2, -0.15) is 4.99 Å². The first-order valence-corrected chi connectivity index (χ1v) is 9.04. The predicted octanol–water partition coefficient (Wildman–Crippen LogP) is 3.35. The van der Waals surface area contributed by atoms with E-state index in [0.29, 0.717) is 27.4 Å². The number of guanidine groups is 1. The van der Waals surface area contributed by atoms with Crippen molar-refractivity contribution in [2.75, 3.05) is 21.1 Å². The third kappa shape index (κ3) is 4.44. The number of halogens is 1. The summed E-state index contributed by atoms with van der Waals surface area (Å²) >= 11 is 6.29. The van der Waals surface area contributed by atoms with Crippen LogP contribution in [-0.4, -0.2) is 42.9 Å². The van der Waals surface area contributed by atoms with Gasteiger partial charge in [-0.15, -0.1) is 0 Å². The lowest BCUT2D eigenvalue weighted by molar-refractivity contribution is 0.0998. The van der Waals surface area contributed by atoms with Crippen molar-refractivity contribution in [1.82, 2.24) is 15.2 Å². The number of amides is 1. The van der Waals surface area contributed by atoms with Crippen molar-refractivity contribution >= 4 is 34.4 Å². The van der Waals surface area contributed by atoms with E-state index in [1.807, 2.05) is 38.4 Å². The van der Waals surface area contributed by atoms with Crippen molar-refractivity contribution in [3.8, 4) is 11.5 Å². The number of aromatic amines is 1. The minimum Gasteiger partial charge on any atom is -0.455 e. The smallest absolute Gasteiger partial charge is 0.296 e. The number of carbonyl (C=O) groups is 1. The minimum absolute atomic E-state index is 0.0315. The molecule has 3 rings (SSSR count). The third-order valence-corrected chi connectivity index (χ3v) is 4.39. The Kier molecular flexibility index (Phi) is 5.87. The number of benzene rings is 2. The van der Waals surface area contributed by atoms with E-state index in [1.54, 1.807) is 25.2 Å². The van der Waals surface area contributed by atoms with Crippen LogP contribution < -0.4 is 15.8 Å². The number of aliphatic imine (C=N–C) groups is 1. The highest BCUT2D eigenvalue weighted by molar-refractivity contribution is 6.35. The zero-order valence-corrected chi connectivity index (χ0v) is 16.7. The first kappa shape index (κ1) is 19.7. The second kappa shape index (κ2) is 8.33. The van der Waals surface area contributed by atoms with Gasteiger partial charge in [-0.05, 0) is 50.0 Å². The number of nitrogens with two attached hydrogens (primary N) is 1. The SMILES string of the molecule is CNC(N)=NC(=O)c1cc2c(Cl)ccc(Oc3ccc(CN(C)C)cc3)c2[nH]1. The number of carbonyl (C=O) groups excluding carboxylic acids is 1. The normalized spacial score (nSPS) is 11.8. The summed E-state index contributed by atoms with van der Waals surface area (Å²) in [6.07, 6.45) is 0. The Morgan fingerprint density at radius 3 is 2.61 bits per heavy atom. The number of rotatable bonds is 5. The van der Waals surface area contributed by atoms with Crippen LogP contribution in [0.4, 0.5) is 0 Å². The Labute approximate surface area is 168 Å². The van der Waals surface area contributed by atoms with Gasteiger partial charge in [0.05, 0.1) is 10.5 Å². The molecule has 0 saturated heterocycles. The maximum absolute atomic E-state index is 12.3. The van der Waals surface area contributed by atoms with Gasteiger partial charge in [0.15, 0.2) is 11.7 Å². The summed E-state index contributed by atoms with van der Waals surface area (Å²) in [6, 6.07) is 13.0. The Morgan fingerprint density at radius 2 is 1.96 bits per heavy atom. The van der Waals surface area contributed by atoms with Crippen LogP contribution in [0.3, 0.4) is 0 Å². The molecule has 0 fully saturated rings. The van der Waals surface area contributed by atoms with Crippen molar-refractivity contribution in [3.05, 3.63) is 58.7 Å². The Morgan fingerprint density at radius 1 is 1.25 bits per heavy atom. The molecule has 0 aliphatic carbocycles. The molecular formula is C20H22ClN5O2. The van der Waals surface area contributed by atoms with Crippen molar-refractivity contribution in [1.29, 1.82) is 0 Å².